The zero-order valence-corrected chi connectivity index (χ0v) is 19.4. The molecule has 0 radical (unpaired) electrons. The number of benzene rings is 2. The molecule has 3 rings (SSSR count). The molecule has 1 aliphatic rings. The second-order valence-electron chi connectivity index (χ2n) is 7.98. The Morgan fingerprint density at radius 2 is 1.27 bits per heavy atom. The second kappa shape index (κ2) is 8.30. The van der Waals surface area contributed by atoms with Crippen LogP contribution in [0.4, 0.5) is 5.69 Å². The SMILES string of the molecule is CC(=O)N1CCN(c2ccc(OS(=O)(=O)c3c(C)c(C)c(C)c(C)c3C)cc2)CC1. The highest BCUT2D eigenvalue weighted by Gasteiger charge is 2.26. The van der Waals surface area contributed by atoms with Gasteiger partial charge < -0.3 is 14.0 Å². The summed E-state index contributed by atoms with van der Waals surface area (Å²) in [5.74, 6) is 0.381. The highest BCUT2D eigenvalue weighted by molar-refractivity contribution is 7.87. The largest absolute Gasteiger partial charge is 0.379 e. The average Bonchev–Trinajstić information content (AvgIpc) is 2.71. The van der Waals surface area contributed by atoms with Crippen LogP contribution in [0.15, 0.2) is 29.2 Å². The van der Waals surface area contributed by atoms with E-state index in [4.69, 9.17) is 4.18 Å². The minimum absolute atomic E-state index is 0.0933. The molecule has 0 saturated carbocycles. The number of rotatable bonds is 4. The molecule has 2 aromatic rings. The Labute approximate surface area is 179 Å². The molecule has 0 spiro atoms. The van der Waals surface area contributed by atoms with Crippen molar-refractivity contribution in [2.75, 3.05) is 31.1 Å². The fourth-order valence-corrected chi connectivity index (χ4v) is 5.50. The lowest BCUT2D eigenvalue weighted by atomic mass is 9.95. The minimum Gasteiger partial charge on any atom is -0.379 e. The van der Waals surface area contributed by atoms with Gasteiger partial charge >= 0.3 is 10.1 Å². The van der Waals surface area contributed by atoms with Gasteiger partial charge in [0.1, 0.15) is 10.6 Å². The van der Waals surface area contributed by atoms with Gasteiger partial charge in [0.15, 0.2) is 0 Å². The molecule has 0 N–H and O–H groups in total. The van der Waals surface area contributed by atoms with E-state index >= 15 is 0 Å². The number of nitrogens with zero attached hydrogens (tertiary/aromatic N) is 2. The van der Waals surface area contributed by atoms with Crippen molar-refractivity contribution in [2.45, 2.75) is 46.4 Å². The molecule has 0 bridgehead atoms. The van der Waals surface area contributed by atoms with Crippen LogP contribution in [-0.2, 0) is 14.9 Å². The van der Waals surface area contributed by atoms with Gasteiger partial charge in [-0.15, -0.1) is 0 Å². The highest BCUT2D eigenvalue weighted by Crippen LogP contribution is 2.32. The maximum atomic E-state index is 13.1. The molecule has 7 heteroatoms. The molecule has 6 nitrogen and oxygen atoms in total. The van der Waals surface area contributed by atoms with Gasteiger partial charge in [0, 0.05) is 38.8 Å². The van der Waals surface area contributed by atoms with E-state index in [0.29, 0.717) is 13.1 Å². The summed E-state index contributed by atoms with van der Waals surface area (Å²) in [4.78, 5) is 15.7. The fourth-order valence-electron chi connectivity index (χ4n) is 4.00. The molecule has 0 aliphatic carbocycles. The molecule has 2 aromatic carbocycles. The van der Waals surface area contributed by atoms with Crippen LogP contribution in [0.2, 0.25) is 0 Å². The number of hydrogen-bond acceptors (Lipinski definition) is 5. The van der Waals surface area contributed by atoms with E-state index < -0.39 is 10.1 Å². The van der Waals surface area contributed by atoms with Crippen LogP contribution >= 0.6 is 0 Å². The van der Waals surface area contributed by atoms with E-state index in [1.54, 1.807) is 19.1 Å². The quantitative estimate of drug-likeness (QED) is 0.693. The summed E-state index contributed by atoms with van der Waals surface area (Å²) in [6.07, 6.45) is 0. The van der Waals surface area contributed by atoms with Crippen LogP contribution in [0.3, 0.4) is 0 Å². The molecule has 0 aromatic heterocycles. The molecule has 30 heavy (non-hydrogen) atoms. The van der Waals surface area contributed by atoms with Crippen molar-refractivity contribution in [1.82, 2.24) is 4.90 Å². The van der Waals surface area contributed by atoms with Crippen LogP contribution in [0.1, 0.15) is 34.7 Å². The lowest BCUT2D eigenvalue weighted by Gasteiger charge is -2.35. The van der Waals surface area contributed by atoms with Crippen molar-refractivity contribution >= 4 is 21.7 Å². The standard InChI is InChI=1S/C23H30N2O4S/c1-15-16(2)18(4)23(19(5)17(15)3)30(27,28)29-22-9-7-21(8-10-22)25-13-11-24(12-14-25)20(6)26/h7-10H,11-14H2,1-6H3. The van der Waals surface area contributed by atoms with Gasteiger partial charge in [-0.1, -0.05) is 0 Å². The molecule has 1 saturated heterocycles. The maximum absolute atomic E-state index is 13.1. The lowest BCUT2D eigenvalue weighted by molar-refractivity contribution is -0.129. The van der Waals surface area contributed by atoms with Gasteiger partial charge in [0.25, 0.3) is 0 Å². The topological polar surface area (TPSA) is 66.9 Å². The van der Waals surface area contributed by atoms with Crippen LogP contribution in [0.25, 0.3) is 0 Å². The van der Waals surface area contributed by atoms with Gasteiger partial charge in [0.2, 0.25) is 5.91 Å². The van der Waals surface area contributed by atoms with E-state index in [1.165, 1.54) is 0 Å². The normalized spacial score (nSPS) is 14.7. The predicted octanol–water partition coefficient (Wildman–Crippen LogP) is 3.66. The maximum Gasteiger partial charge on any atom is 0.339 e. The lowest BCUT2D eigenvalue weighted by Crippen LogP contribution is -2.48. The Hall–Kier alpha value is -2.54. The third kappa shape index (κ3) is 4.17. The van der Waals surface area contributed by atoms with E-state index in [0.717, 1.165) is 46.6 Å². The number of hydrogen-bond donors (Lipinski definition) is 0. The highest BCUT2D eigenvalue weighted by atomic mass is 32.2. The third-order valence-corrected chi connectivity index (χ3v) is 7.84. The van der Waals surface area contributed by atoms with Crippen molar-refractivity contribution in [2.24, 2.45) is 0 Å². The van der Waals surface area contributed by atoms with Crippen molar-refractivity contribution in [3.05, 3.63) is 52.1 Å². The number of amides is 1. The number of anilines is 1. The van der Waals surface area contributed by atoms with E-state index in [2.05, 4.69) is 4.90 Å². The van der Waals surface area contributed by atoms with E-state index in [1.807, 2.05) is 51.7 Å². The Balaban J connectivity index is 1.80. The summed E-state index contributed by atoms with van der Waals surface area (Å²) in [7, 11) is -3.95. The van der Waals surface area contributed by atoms with Crippen molar-refractivity contribution < 1.29 is 17.4 Å². The second-order valence-corrected chi connectivity index (χ2v) is 9.46. The first-order valence-corrected chi connectivity index (χ1v) is 11.6. The molecule has 162 valence electrons. The van der Waals surface area contributed by atoms with Crippen molar-refractivity contribution in [1.29, 1.82) is 0 Å². The smallest absolute Gasteiger partial charge is 0.339 e. The monoisotopic (exact) mass is 430 g/mol. The van der Waals surface area contributed by atoms with Gasteiger partial charge in [-0.25, -0.2) is 0 Å². The Morgan fingerprint density at radius 3 is 1.73 bits per heavy atom. The Morgan fingerprint density at radius 1 is 0.800 bits per heavy atom. The molecular weight excluding hydrogens is 400 g/mol. The molecular formula is C23H30N2O4S. The zero-order chi connectivity index (χ0) is 22.2. The van der Waals surface area contributed by atoms with Crippen molar-refractivity contribution in [3.63, 3.8) is 0 Å². The number of carbonyl (C=O) groups excluding carboxylic acids is 1. The van der Waals surface area contributed by atoms with Crippen LogP contribution < -0.4 is 9.08 Å². The minimum atomic E-state index is -3.95. The molecule has 1 fully saturated rings. The summed E-state index contributed by atoms with van der Waals surface area (Å²) in [6.45, 7) is 14.0. The van der Waals surface area contributed by atoms with Gasteiger partial charge in [0.05, 0.1) is 0 Å². The average molecular weight is 431 g/mol. The fraction of sp³-hybridized carbons (Fsp3) is 0.435. The van der Waals surface area contributed by atoms with E-state index in [-0.39, 0.29) is 16.6 Å². The van der Waals surface area contributed by atoms with Gasteiger partial charge in [-0.3, -0.25) is 4.79 Å². The molecule has 1 amide bonds. The van der Waals surface area contributed by atoms with Crippen LogP contribution in [-0.4, -0.2) is 45.4 Å². The summed E-state index contributed by atoms with van der Waals surface area (Å²) in [6, 6.07) is 7.09. The van der Waals surface area contributed by atoms with Crippen LogP contribution in [0.5, 0.6) is 5.75 Å². The molecule has 0 unspecified atom stereocenters. The molecule has 1 heterocycles. The third-order valence-electron chi connectivity index (χ3n) is 6.31. The molecule has 1 aliphatic heterocycles. The summed E-state index contributed by atoms with van der Waals surface area (Å²) in [5.41, 5.74) is 5.50. The molecule has 0 atom stereocenters. The zero-order valence-electron chi connectivity index (χ0n) is 18.6. The summed E-state index contributed by atoms with van der Waals surface area (Å²) in [5, 5.41) is 0. The Kier molecular flexibility index (Phi) is 6.13. The summed E-state index contributed by atoms with van der Waals surface area (Å²) < 4.78 is 31.6. The van der Waals surface area contributed by atoms with Gasteiger partial charge in [-0.2, -0.15) is 8.42 Å². The summed E-state index contributed by atoms with van der Waals surface area (Å²) >= 11 is 0. The Bertz CT molecular complexity index is 1040. The van der Waals surface area contributed by atoms with Gasteiger partial charge in [-0.05, 0) is 86.7 Å². The first kappa shape index (κ1) is 22.2. The number of piperazine rings is 1. The predicted molar refractivity (Wildman–Crippen MR) is 119 cm³/mol. The van der Waals surface area contributed by atoms with Crippen molar-refractivity contribution in [3.8, 4) is 5.75 Å². The first-order valence-electron chi connectivity index (χ1n) is 10.1. The van der Waals surface area contributed by atoms with Crippen LogP contribution in [0, 0.1) is 34.6 Å². The number of carbonyl (C=O) groups is 1. The van der Waals surface area contributed by atoms with E-state index in [9.17, 15) is 13.2 Å². The first-order chi connectivity index (χ1) is 14.0.